The van der Waals surface area contributed by atoms with Gasteiger partial charge in [0.1, 0.15) is 11.4 Å². The second-order valence-electron chi connectivity index (χ2n) is 3.72. The normalized spacial score (nSPS) is 13.2. The van der Waals surface area contributed by atoms with Crippen molar-refractivity contribution in [2.24, 2.45) is 0 Å². The average molecular weight is 254 g/mol. The minimum absolute atomic E-state index is 0.228. The summed E-state index contributed by atoms with van der Waals surface area (Å²) in [6.45, 7) is 4.40. The van der Waals surface area contributed by atoms with Gasteiger partial charge in [-0.25, -0.2) is 9.97 Å². The molecule has 0 amide bonds. The molecular formula is C11H14N2OS2. The summed E-state index contributed by atoms with van der Waals surface area (Å²) in [7, 11) is 0. The van der Waals surface area contributed by atoms with E-state index in [1.54, 1.807) is 29.4 Å². The van der Waals surface area contributed by atoms with Crippen LogP contribution in [0, 0.1) is 6.92 Å². The predicted octanol–water partition coefficient (Wildman–Crippen LogP) is 2.86. The fourth-order valence-electron chi connectivity index (χ4n) is 1.46. The van der Waals surface area contributed by atoms with Gasteiger partial charge >= 0.3 is 0 Å². The van der Waals surface area contributed by atoms with Crippen molar-refractivity contribution in [1.82, 2.24) is 9.97 Å². The van der Waals surface area contributed by atoms with Crippen molar-refractivity contribution in [3.63, 3.8) is 0 Å². The van der Waals surface area contributed by atoms with Crippen LogP contribution in [0.2, 0.25) is 0 Å². The van der Waals surface area contributed by atoms with E-state index in [1.807, 2.05) is 0 Å². The van der Waals surface area contributed by atoms with Gasteiger partial charge in [-0.1, -0.05) is 6.92 Å². The molecule has 0 aliphatic rings. The van der Waals surface area contributed by atoms with Gasteiger partial charge in [0, 0.05) is 11.9 Å². The largest absolute Gasteiger partial charge is 0.396 e. The first-order valence-electron chi connectivity index (χ1n) is 5.18. The maximum absolute atomic E-state index is 8.89. The highest BCUT2D eigenvalue weighted by Gasteiger charge is 2.11. The lowest BCUT2D eigenvalue weighted by Gasteiger charge is -2.08. The zero-order valence-corrected chi connectivity index (χ0v) is 10.9. The maximum Gasteiger partial charge on any atom is 0.118 e. The lowest BCUT2D eigenvalue weighted by Crippen LogP contribution is -2.00. The summed E-state index contributed by atoms with van der Waals surface area (Å²) < 4.78 is 1.16. The molecule has 0 aromatic carbocycles. The molecule has 2 aromatic rings. The Morgan fingerprint density at radius 3 is 3.06 bits per heavy atom. The number of hydrogen-bond donors (Lipinski definition) is 1. The summed E-state index contributed by atoms with van der Waals surface area (Å²) in [5.41, 5.74) is 2.26. The molecule has 0 aliphatic heterocycles. The number of nitrogens with zero attached hydrogens (tertiary/aromatic N) is 2. The molecule has 1 N–H and O–H groups in total. The zero-order chi connectivity index (χ0) is 11.5. The van der Waals surface area contributed by atoms with Crippen LogP contribution in [0.15, 0.2) is 16.7 Å². The number of aliphatic hydroxyl groups excluding tert-OH is 1. The lowest BCUT2D eigenvalue weighted by molar-refractivity contribution is 0.289. The summed E-state index contributed by atoms with van der Waals surface area (Å²) in [6, 6.07) is 0. The molecule has 0 saturated carbocycles. The van der Waals surface area contributed by atoms with Crippen LogP contribution in [0.5, 0.6) is 0 Å². The number of fused-ring (bicyclic) bond motifs is 1. The number of aromatic nitrogens is 2. The first kappa shape index (κ1) is 11.8. The van der Waals surface area contributed by atoms with Crippen molar-refractivity contribution < 1.29 is 5.11 Å². The van der Waals surface area contributed by atoms with Gasteiger partial charge in [0.15, 0.2) is 0 Å². The Balaban J connectivity index is 2.30. The molecular weight excluding hydrogens is 240 g/mol. The minimum atomic E-state index is 0.228. The molecule has 5 heteroatoms. The second-order valence-corrected chi connectivity index (χ2v) is 6.02. The quantitative estimate of drug-likeness (QED) is 0.673. The van der Waals surface area contributed by atoms with Crippen LogP contribution in [0.4, 0.5) is 0 Å². The van der Waals surface area contributed by atoms with Crippen molar-refractivity contribution >= 4 is 33.3 Å². The van der Waals surface area contributed by atoms with Gasteiger partial charge in [-0.2, -0.15) is 0 Å². The van der Waals surface area contributed by atoms with Crippen molar-refractivity contribution in [2.45, 2.75) is 30.5 Å². The minimum Gasteiger partial charge on any atom is -0.396 e. The van der Waals surface area contributed by atoms with E-state index in [0.29, 0.717) is 5.25 Å². The molecule has 2 heterocycles. The number of rotatable bonds is 4. The van der Waals surface area contributed by atoms with Gasteiger partial charge in [-0.3, -0.25) is 0 Å². The van der Waals surface area contributed by atoms with E-state index in [9.17, 15) is 0 Å². The zero-order valence-electron chi connectivity index (χ0n) is 9.30. The molecule has 0 radical (unpaired) electrons. The molecule has 0 spiro atoms. The van der Waals surface area contributed by atoms with Gasteiger partial charge in [0.2, 0.25) is 0 Å². The van der Waals surface area contributed by atoms with Gasteiger partial charge in [0.25, 0.3) is 0 Å². The van der Waals surface area contributed by atoms with Crippen LogP contribution in [0.1, 0.15) is 18.9 Å². The van der Waals surface area contributed by atoms with Gasteiger partial charge in [-0.05, 0) is 24.3 Å². The van der Waals surface area contributed by atoms with Crippen molar-refractivity contribution in [1.29, 1.82) is 0 Å². The van der Waals surface area contributed by atoms with Gasteiger partial charge in [-0.15, -0.1) is 23.1 Å². The SMILES string of the molecule is Cc1csc2c(SC(C)CCO)ncnc12. The Labute approximate surface area is 103 Å². The van der Waals surface area contributed by atoms with Crippen molar-refractivity contribution in [2.75, 3.05) is 6.61 Å². The average Bonchev–Trinajstić information content (AvgIpc) is 2.62. The second kappa shape index (κ2) is 5.12. The van der Waals surface area contributed by atoms with Crippen LogP contribution in [0.25, 0.3) is 10.2 Å². The van der Waals surface area contributed by atoms with E-state index in [2.05, 4.69) is 29.2 Å². The van der Waals surface area contributed by atoms with Crippen LogP contribution in [-0.4, -0.2) is 26.9 Å². The molecule has 1 atom stereocenters. The number of aliphatic hydroxyl groups is 1. The van der Waals surface area contributed by atoms with Crippen molar-refractivity contribution in [3.05, 3.63) is 17.3 Å². The van der Waals surface area contributed by atoms with Crippen LogP contribution < -0.4 is 0 Å². The van der Waals surface area contributed by atoms with E-state index in [1.165, 1.54) is 5.56 Å². The van der Waals surface area contributed by atoms with Gasteiger partial charge in [0.05, 0.1) is 10.2 Å². The molecule has 16 heavy (non-hydrogen) atoms. The molecule has 3 nitrogen and oxygen atoms in total. The summed E-state index contributed by atoms with van der Waals surface area (Å²) in [5, 5.41) is 12.4. The lowest BCUT2D eigenvalue weighted by atomic mass is 10.3. The topological polar surface area (TPSA) is 46.0 Å². The third kappa shape index (κ3) is 2.36. The number of thiophene rings is 1. The molecule has 0 saturated heterocycles. The summed E-state index contributed by atoms with van der Waals surface area (Å²) in [5.74, 6) is 0. The number of thioether (sulfide) groups is 1. The molecule has 86 valence electrons. The van der Waals surface area contributed by atoms with Crippen LogP contribution in [-0.2, 0) is 0 Å². The monoisotopic (exact) mass is 254 g/mol. The first-order chi connectivity index (χ1) is 7.72. The van der Waals surface area contributed by atoms with Crippen LogP contribution >= 0.6 is 23.1 Å². The highest BCUT2D eigenvalue weighted by molar-refractivity contribution is 8.00. The summed E-state index contributed by atoms with van der Waals surface area (Å²) >= 11 is 3.40. The molecule has 0 fully saturated rings. The number of hydrogen-bond acceptors (Lipinski definition) is 5. The molecule has 2 aromatic heterocycles. The molecule has 2 rings (SSSR count). The first-order valence-corrected chi connectivity index (χ1v) is 6.94. The molecule has 0 aliphatic carbocycles. The Hall–Kier alpha value is -0.650. The van der Waals surface area contributed by atoms with Crippen LogP contribution in [0.3, 0.4) is 0 Å². The Kier molecular flexibility index (Phi) is 3.78. The summed E-state index contributed by atoms with van der Waals surface area (Å²) in [4.78, 5) is 8.61. The van der Waals surface area contributed by atoms with E-state index in [4.69, 9.17) is 5.11 Å². The fourth-order valence-corrected chi connectivity index (χ4v) is 3.55. The van der Waals surface area contributed by atoms with Gasteiger partial charge < -0.3 is 5.11 Å². The van der Waals surface area contributed by atoms with E-state index in [-0.39, 0.29) is 6.61 Å². The Bertz CT molecular complexity index is 484. The van der Waals surface area contributed by atoms with E-state index in [0.717, 1.165) is 21.7 Å². The molecule has 0 bridgehead atoms. The van der Waals surface area contributed by atoms with Crippen molar-refractivity contribution in [3.8, 4) is 0 Å². The van der Waals surface area contributed by atoms with E-state index >= 15 is 0 Å². The fraction of sp³-hybridized carbons (Fsp3) is 0.455. The third-order valence-electron chi connectivity index (χ3n) is 2.35. The maximum atomic E-state index is 8.89. The molecule has 1 unspecified atom stereocenters. The number of aryl methyl sites for hydroxylation is 1. The highest BCUT2D eigenvalue weighted by Crippen LogP contribution is 2.33. The smallest absolute Gasteiger partial charge is 0.118 e. The standard InChI is InChI=1S/C11H14N2OS2/c1-7-5-15-10-9(7)12-6-13-11(10)16-8(2)3-4-14/h5-6,8,14H,3-4H2,1-2H3. The third-order valence-corrected chi connectivity index (χ3v) is 4.74. The summed E-state index contributed by atoms with van der Waals surface area (Å²) in [6.07, 6.45) is 2.41. The Morgan fingerprint density at radius 1 is 1.50 bits per heavy atom. The highest BCUT2D eigenvalue weighted by atomic mass is 32.2. The van der Waals surface area contributed by atoms with E-state index < -0.39 is 0 Å². The Morgan fingerprint density at radius 2 is 2.31 bits per heavy atom. The predicted molar refractivity (Wildman–Crippen MR) is 69.2 cm³/mol.